The number of ether oxygens (including phenoxy) is 1. The first-order valence-corrected chi connectivity index (χ1v) is 6.44. The van der Waals surface area contributed by atoms with Crippen LogP contribution in [0.5, 0.6) is 5.75 Å². The van der Waals surface area contributed by atoms with Gasteiger partial charge in [0.25, 0.3) is 0 Å². The van der Waals surface area contributed by atoms with Crippen molar-refractivity contribution in [2.45, 2.75) is 31.7 Å². The number of aliphatic carboxylic acids is 1. The maximum absolute atomic E-state index is 10.6. The second-order valence-electron chi connectivity index (χ2n) is 4.84. The van der Waals surface area contributed by atoms with Crippen molar-refractivity contribution in [1.29, 1.82) is 0 Å². The zero-order chi connectivity index (χ0) is 13.7. The van der Waals surface area contributed by atoms with Gasteiger partial charge in [0.1, 0.15) is 5.75 Å². The summed E-state index contributed by atoms with van der Waals surface area (Å²) in [5.41, 5.74) is 0.794. The Morgan fingerprint density at radius 2 is 2.11 bits per heavy atom. The predicted molar refractivity (Wildman–Crippen MR) is 70.9 cm³/mol. The molecule has 2 atom stereocenters. The van der Waals surface area contributed by atoms with E-state index in [0.29, 0.717) is 0 Å². The lowest BCUT2D eigenvalue weighted by Gasteiger charge is -2.04. The zero-order valence-electron chi connectivity index (χ0n) is 11.0. The molecule has 5 nitrogen and oxygen atoms in total. The molecule has 1 aliphatic carbocycles. The molecule has 19 heavy (non-hydrogen) atoms. The van der Waals surface area contributed by atoms with E-state index in [4.69, 9.17) is 9.84 Å². The standard InChI is InChI=1S/C14H18N2O3/c1-19-13-6-4-11(5-7-13)15-16-12-3-2-10(8-12)9-14(17)18/h4-7,10,12H,2-3,8-9H2,1H3,(H,17,18)/t10?,12-/m1/s1. The summed E-state index contributed by atoms with van der Waals surface area (Å²) in [5, 5.41) is 17.2. The number of hydrogen-bond acceptors (Lipinski definition) is 4. The normalized spacial score (nSPS) is 22.8. The number of nitrogens with zero attached hydrogens (tertiary/aromatic N) is 2. The van der Waals surface area contributed by atoms with E-state index in [1.165, 1.54) is 0 Å². The molecule has 1 N–H and O–H groups in total. The number of carboxylic acids is 1. The molecule has 0 aromatic heterocycles. The number of benzene rings is 1. The van der Waals surface area contributed by atoms with Gasteiger partial charge < -0.3 is 9.84 Å². The van der Waals surface area contributed by atoms with Crippen molar-refractivity contribution in [3.8, 4) is 5.75 Å². The maximum atomic E-state index is 10.6. The summed E-state index contributed by atoms with van der Waals surface area (Å²) in [4.78, 5) is 10.6. The zero-order valence-corrected chi connectivity index (χ0v) is 11.0. The molecular formula is C14H18N2O3. The lowest BCUT2D eigenvalue weighted by molar-refractivity contribution is -0.138. The van der Waals surface area contributed by atoms with Crippen LogP contribution in [-0.2, 0) is 4.79 Å². The average Bonchev–Trinajstić information content (AvgIpc) is 2.84. The van der Waals surface area contributed by atoms with Gasteiger partial charge in [0.2, 0.25) is 0 Å². The topological polar surface area (TPSA) is 71.2 Å². The minimum absolute atomic E-state index is 0.159. The monoisotopic (exact) mass is 262 g/mol. The molecule has 102 valence electrons. The van der Waals surface area contributed by atoms with Crippen molar-refractivity contribution in [3.05, 3.63) is 24.3 Å². The molecule has 0 radical (unpaired) electrons. The number of carboxylic acid groups (broad SMARTS) is 1. The summed E-state index contributed by atoms with van der Waals surface area (Å²) in [6.45, 7) is 0. The van der Waals surface area contributed by atoms with Crippen molar-refractivity contribution in [1.82, 2.24) is 0 Å². The molecule has 1 aromatic carbocycles. The number of rotatable bonds is 5. The molecule has 5 heteroatoms. The second kappa shape index (κ2) is 6.31. The fourth-order valence-corrected chi connectivity index (χ4v) is 2.38. The van der Waals surface area contributed by atoms with Crippen LogP contribution in [0.1, 0.15) is 25.7 Å². The van der Waals surface area contributed by atoms with Crippen LogP contribution in [0.2, 0.25) is 0 Å². The molecule has 1 aromatic rings. The highest BCUT2D eigenvalue weighted by molar-refractivity contribution is 5.67. The molecule has 0 heterocycles. The Hall–Kier alpha value is -1.91. The maximum Gasteiger partial charge on any atom is 0.303 e. The largest absolute Gasteiger partial charge is 0.497 e. The summed E-state index contributed by atoms with van der Waals surface area (Å²) in [5.74, 6) is 0.316. The number of carbonyl (C=O) groups is 1. The summed E-state index contributed by atoms with van der Waals surface area (Å²) < 4.78 is 5.07. The van der Waals surface area contributed by atoms with Crippen LogP contribution in [0.4, 0.5) is 5.69 Å². The Morgan fingerprint density at radius 1 is 1.37 bits per heavy atom. The van der Waals surface area contributed by atoms with E-state index in [1.54, 1.807) is 7.11 Å². The van der Waals surface area contributed by atoms with Crippen LogP contribution in [0.3, 0.4) is 0 Å². The van der Waals surface area contributed by atoms with Gasteiger partial charge in [-0.2, -0.15) is 10.2 Å². The van der Waals surface area contributed by atoms with Crippen LogP contribution in [0.25, 0.3) is 0 Å². The minimum atomic E-state index is -0.724. The van der Waals surface area contributed by atoms with Gasteiger partial charge in [-0.05, 0) is 49.4 Å². The van der Waals surface area contributed by atoms with Gasteiger partial charge in [-0.25, -0.2) is 0 Å². The first-order chi connectivity index (χ1) is 9.17. The third-order valence-corrected chi connectivity index (χ3v) is 3.39. The molecule has 0 amide bonds. The number of azo groups is 1. The molecule has 0 spiro atoms. The SMILES string of the molecule is COc1ccc(N=N[C@@H]2CCC(CC(=O)O)C2)cc1. The van der Waals surface area contributed by atoms with Gasteiger partial charge >= 0.3 is 5.97 Å². The fraction of sp³-hybridized carbons (Fsp3) is 0.500. The van der Waals surface area contributed by atoms with Gasteiger partial charge in [-0.3, -0.25) is 4.79 Å². The Bertz CT molecular complexity index is 456. The molecule has 2 rings (SSSR count). The van der Waals surface area contributed by atoms with Gasteiger partial charge in [-0.1, -0.05) is 0 Å². The Labute approximate surface area is 112 Å². The first-order valence-electron chi connectivity index (χ1n) is 6.44. The van der Waals surface area contributed by atoms with E-state index in [2.05, 4.69) is 10.2 Å². The lowest BCUT2D eigenvalue weighted by atomic mass is 10.0. The third-order valence-electron chi connectivity index (χ3n) is 3.39. The predicted octanol–water partition coefficient (Wildman–Crippen LogP) is 3.42. The van der Waals surface area contributed by atoms with Crippen LogP contribution >= 0.6 is 0 Å². The highest BCUT2D eigenvalue weighted by Crippen LogP contribution is 2.31. The summed E-state index contributed by atoms with van der Waals surface area (Å²) >= 11 is 0. The van der Waals surface area contributed by atoms with Gasteiger partial charge in [0, 0.05) is 6.42 Å². The first kappa shape index (κ1) is 13.5. The Kier molecular flexibility index (Phi) is 4.49. The van der Waals surface area contributed by atoms with Crippen molar-refractivity contribution >= 4 is 11.7 Å². The van der Waals surface area contributed by atoms with Crippen molar-refractivity contribution < 1.29 is 14.6 Å². The van der Waals surface area contributed by atoms with Crippen molar-refractivity contribution in [2.24, 2.45) is 16.1 Å². The molecule has 1 unspecified atom stereocenters. The molecule has 0 aliphatic heterocycles. The van der Waals surface area contributed by atoms with E-state index < -0.39 is 5.97 Å². The molecule has 0 bridgehead atoms. The summed E-state index contributed by atoms with van der Waals surface area (Å²) in [6.07, 6.45) is 2.93. The van der Waals surface area contributed by atoms with Crippen LogP contribution < -0.4 is 4.74 Å². The van der Waals surface area contributed by atoms with E-state index >= 15 is 0 Å². The molecule has 1 saturated carbocycles. The van der Waals surface area contributed by atoms with E-state index in [0.717, 1.165) is 30.7 Å². The van der Waals surface area contributed by atoms with E-state index in [9.17, 15) is 4.79 Å². The summed E-state index contributed by atoms with van der Waals surface area (Å²) in [6, 6.07) is 7.55. The van der Waals surface area contributed by atoms with Gasteiger partial charge in [-0.15, -0.1) is 0 Å². The highest BCUT2D eigenvalue weighted by atomic mass is 16.5. The van der Waals surface area contributed by atoms with E-state index in [1.807, 2.05) is 24.3 Å². The van der Waals surface area contributed by atoms with Crippen LogP contribution in [0, 0.1) is 5.92 Å². The molecule has 0 saturated heterocycles. The highest BCUT2D eigenvalue weighted by Gasteiger charge is 2.26. The minimum Gasteiger partial charge on any atom is -0.497 e. The Morgan fingerprint density at radius 3 is 2.74 bits per heavy atom. The third kappa shape index (κ3) is 4.05. The van der Waals surface area contributed by atoms with Gasteiger partial charge in [0.05, 0.1) is 18.8 Å². The fourth-order valence-electron chi connectivity index (χ4n) is 2.38. The van der Waals surface area contributed by atoms with Crippen molar-refractivity contribution in [3.63, 3.8) is 0 Å². The molecule has 1 fully saturated rings. The molecular weight excluding hydrogens is 244 g/mol. The van der Waals surface area contributed by atoms with E-state index in [-0.39, 0.29) is 18.4 Å². The smallest absolute Gasteiger partial charge is 0.303 e. The van der Waals surface area contributed by atoms with Crippen LogP contribution in [-0.4, -0.2) is 24.2 Å². The average molecular weight is 262 g/mol. The quantitative estimate of drug-likeness (QED) is 0.826. The van der Waals surface area contributed by atoms with Gasteiger partial charge in [0.15, 0.2) is 0 Å². The van der Waals surface area contributed by atoms with Crippen molar-refractivity contribution in [2.75, 3.05) is 7.11 Å². The number of hydrogen-bond donors (Lipinski definition) is 1. The van der Waals surface area contributed by atoms with Crippen LogP contribution in [0.15, 0.2) is 34.5 Å². The Balaban J connectivity index is 1.87. The lowest BCUT2D eigenvalue weighted by Crippen LogP contribution is -2.05. The summed E-state index contributed by atoms with van der Waals surface area (Å²) in [7, 11) is 1.62. The number of methoxy groups -OCH3 is 1. The second-order valence-corrected chi connectivity index (χ2v) is 4.84. The molecule has 1 aliphatic rings.